The predicted octanol–water partition coefficient (Wildman–Crippen LogP) is 3.10. The Labute approximate surface area is 190 Å². The number of nitrogens with one attached hydrogen (secondary N) is 2. The number of amides is 3. The van der Waals surface area contributed by atoms with Gasteiger partial charge in [0.1, 0.15) is 12.3 Å². The fraction of sp³-hybridized carbons (Fsp3) is 0.292. The van der Waals surface area contributed by atoms with Crippen molar-refractivity contribution in [2.24, 2.45) is 0 Å². The van der Waals surface area contributed by atoms with Crippen LogP contribution >= 0.6 is 11.3 Å². The lowest BCUT2D eigenvalue weighted by molar-refractivity contribution is -0.123. The first-order valence-electron chi connectivity index (χ1n) is 10.6. The highest BCUT2D eigenvalue weighted by atomic mass is 32.1. The molecule has 7 nitrogen and oxygen atoms in total. The molecule has 3 heterocycles. The summed E-state index contributed by atoms with van der Waals surface area (Å²) in [7, 11) is 0. The average molecular weight is 452 g/mol. The van der Waals surface area contributed by atoms with Crippen LogP contribution in [-0.2, 0) is 11.2 Å². The van der Waals surface area contributed by atoms with Gasteiger partial charge in [-0.1, -0.05) is 36.4 Å². The number of carbonyl (C=O) groups excluding carboxylic acids is 3. The van der Waals surface area contributed by atoms with E-state index < -0.39 is 6.04 Å². The molecule has 1 aromatic carbocycles. The number of hydrogen-bond acceptors (Lipinski definition) is 5. The molecule has 8 heteroatoms. The highest BCUT2D eigenvalue weighted by molar-refractivity contribution is 7.12. The van der Waals surface area contributed by atoms with E-state index >= 15 is 0 Å². The van der Waals surface area contributed by atoms with Crippen LogP contribution in [0.3, 0.4) is 0 Å². The summed E-state index contributed by atoms with van der Waals surface area (Å²) in [6, 6.07) is 14.1. The van der Waals surface area contributed by atoms with Crippen LogP contribution in [0.25, 0.3) is 0 Å². The fourth-order valence-corrected chi connectivity index (χ4v) is 4.42. The molecule has 2 N–H and O–H groups in total. The molecule has 0 bridgehead atoms. The van der Waals surface area contributed by atoms with E-state index in [9.17, 15) is 14.4 Å². The Balaban J connectivity index is 1.36. The molecule has 1 aliphatic rings. The third-order valence-corrected chi connectivity index (χ3v) is 6.41. The van der Waals surface area contributed by atoms with E-state index in [-0.39, 0.29) is 23.8 Å². The van der Waals surface area contributed by atoms with Gasteiger partial charge in [0, 0.05) is 25.6 Å². The van der Waals surface area contributed by atoms with E-state index in [2.05, 4.69) is 10.6 Å². The number of hydrogen-bond donors (Lipinski definition) is 2. The molecule has 1 aliphatic heterocycles. The molecule has 0 radical (unpaired) electrons. The summed E-state index contributed by atoms with van der Waals surface area (Å²) in [6.07, 6.45) is 4.65. The van der Waals surface area contributed by atoms with Crippen LogP contribution in [0, 0.1) is 0 Å². The standard InChI is InChI=1S/C24H25N3O4S/c28-22(25-19-8-11-27(12-9-19)24(30)18-10-13-31-16-18)20(15-17-5-2-1-3-6-17)26-23(29)21-7-4-14-32-21/h1-7,10,13-14,16,19-20H,8-9,11-12,15H2,(H,25,28)(H,26,29)/t20-/m0/s1. The smallest absolute Gasteiger partial charge is 0.262 e. The van der Waals surface area contributed by atoms with E-state index in [0.717, 1.165) is 5.56 Å². The maximum Gasteiger partial charge on any atom is 0.262 e. The van der Waals surface area contributed by atoms with E-state index in [0.29, 0.717) is 42.8 Å². The quantitative estimate of drug-likeness (QED) is 0.577. The highest BCUT2D eigenvalue weighted by Gasteiger charge is 2.28. The lowest BCUT2D eigenvalue weighted by Crippen LogP contribution is -2.53. The summed E-state index contributed by atoms with van der Waals surface area (Å²) in [5.41, 5.74) is 1.51. The van der Waals surface area contributed by atoms with Crippen LogP contribution in [0.5, 0.6) is 0 Å². The molecule has 1 saturated heterocycles. The van der Waals surface area contributed by atoms with Gasteiger partial charge >= 0.3 is 0 Å². The van der Waals surface area contributed by atoms with Gasteiger partial charge in [0.15, 0.2) is 0 Å². The molecule has 1 fully saturated rings. The van der Waals surface area contributed by atoms with Gasteiger partial charge in [-0.25, -0.2) is 0 Å². The summed E-state index contributed by atoms with van der Waals surface area (Å²) < 4.78 is 5.00. The fourth-order valence-electron chi connectivity index (χ4n) is 3.79. The molecule has 0 unspecified atom stereocenters. The minimum Gasteiger partial charge on any atom is -0.472 e. The van der Waals surface area contributed by atoms with E-state index in [1.807, 2.05) is 41.8 Å². The van der Waals surface area contributed by atoms with Gasteiger partial charge in [-0.3, -0.25) is 14.4 Å². The van der Waals surface area contributed by atoms with Crippen molar-refractivity contribution in [1.82, 2.24) is 15.5 Å². The molecule has 2 aromatic heterocycles. The molecule has 1 atom stereocenters. The number of piperidine rings is 1. The number of furan rings is 1. The third kappa shape index (κ3) is 5.45. The zero-order valence-corrected chi connectivity index (χ0v) is 18.3. The Bertz CT molecular complexity index is 1030. The van der Waals surface area contributed by atoms with E-state index in [1.165, 1.54) is 23.9 Å². The number of nitrogens with zero attached hydrogens (tertiary/aromatic N) is 1. The number of rotatable bonds is 7. The molecule has 32 heavy (non-hydrogen) atoms. The first-order chi connectivity index (χ1) is 15.6. The van der Waals surface area contributed by atoms with Gasteiger partial charge in [0.05, 0.1) is 16.7 Å². The lowest BCUT2D eigenvalue weighted by atomic mass is 10.0. The highest BCUT2D eigenvalue weighted by Crippen LogP contribution is 2.15. The first-order valence-corrected chi connectivity index (χ1v) is 11.5. The topological polar surface area (TPSA) is 91.7 Å². The minimum atomic E-state index is -0.683. The van der Waals surface area contributed by atoms with Crippen LogP contribution in [0.1, 0.15) is 38.4 Å². The van der Waals surface area contributed by atoms with Gasteiger partial charge in [-0.2, -0.15) is 0 Å². The molecule has 3 aromatic rings. The Morgan fingerprint density at radius 1 is 1.06 bits per heavy atom. The summed E-state index contributed by atoms with van der Waals surface area (Å²) in [5, 5.41) is 7.80. The maximum absolute atomic E-state index is 13.1. The van der Waals surface area contributed by atoms with E-state index in [1.54, 1.807) is 17.0 Å². The second-order valence-corrected chi connectivity index (χ2v) is 8.73. The predicted molar refractivity (Wildman–Crippen MR) is 121 cm³/mol. The molecular weight excluding hydrogens is 426 g/mol. The largest absolute Gasteiger partial charge is 0.472 e. The zero-order chi connectivity index (χ0) is 22.3. The minimum absolute atomic E-state index is 0.0483. The average Bonchev–Trinajstić information content (AvgIpc) is 3.54. The molecular formula is C24H25N3O4S. The summed E-state index contributed by atoms with van der Waals surface area (Å²) in [5.74, 6) is -0.524. The monoisotopic (exact) mass is 451 g/mol. The van der Waals surface area contributed by atoms with Gasteiger partial charge < -0.3 is 20.0 Å². The molecule has 3 amide bonds. The third-order valence-electron chi connectivity index (χ3n) is 5.55. The van der Waals surface area contributed by atoms with Crippen LogP contribution in [0.2, 0.25) is 0 Å². The second kappa shape index (κ2) is 10.3. The number of carbonyl (C=O) groups is 3. The van der Waals surface area contributed by atoms with Crippen LogP contribution in [0.4, 0.5) is 0 Å². The van der Waals surface area contributed by atoms with Gasteiger partial charge in [-0.15, -0.1) is 11.3 Å². The van der Waals surface area contributed by atoms with Crippen molar-refractivity contribution in [1.29, 1.82) is 0 Å². The van der Waals surface area contributed by atoms with Gasteiger partial charge in [0.25, 0.3) is 11.8 Å². The Morgan fingerprint density at radius 2 is 1.84 bits per heavy atom. The van der Waals surface area contributed by atoms with E-state index in [4.69, 9.17) is 4.42 Å². The summed E-state index contributed by atoms with van der Waals surface area (Å²) >= 11 is 1.34. The van der Waals surface area contributed by atoms with Crippen molar-refractivity contribution in [3.8, 4) is 0 Å². The normalized spacial score (nSPS) is 15.2. The van der Waals surface area contributed by atoms with Crippen molar-refractivity contribution >= 4 is 29.1 Å². The SMILES string of the molecule is O=C(N[C@@H](Cc1ccccc1)C(=O)NC1CCN(C(=O)c2ccoc2)CC1)c1cccs1. The number of thiophene rings is 1. The van der Waals surface area contributed by atoms with Crippen molar-refractivity contribution in [2.45, 2.75) is 31.3 Å². The van der Waals surface area contributed by atoms with Gasteiger partial charge in [0.2, 0.25) is 5.91 Å². The van der Waals surface area contributed by atoms with Crippen molar-refractivity contribution < 1.29 is 18.8 Å². The summed E-state index contributed by atoms with van der Waals surface area (Å²) in [4.78, 5) is 40.5. The van der Waals surface area contributed by atoms with Crippen molar-refractivity contribution in [2.75, 3.05) is 13.1 Å². The van der Waals surface area contributed by atoms with Gasteiger partial charge in [-0.05, 0) is 35.9 Å². The zero-order valence-electron chi connectivity index (χ0n) is 17.5. The molecule has 0 saturated carbocycles. The van der Waals surface area contributed by atoms with Crippen molar-refractivity contribution in [3.63, 3.8) is 0 Å². The molecule has 0 spiro atoms. The maximum atomic E-state index is 13.1. The number of likely N-dealkylation sites (tertiary alicyclic amines) is 1. The van der Waals surface area contributed by atoms with Crippen molar-refractivity contribution in [3.05, 3.63) is 82.4 Å². The Morgan fingerprint density at radius 3 is 2.50 bits per heavy atom. The summed E-state index contributed by atoms with van der Waals surface area (Å²) in [6.45, 7) is 1.11. The number of benzene rings is 1. The lowest BCUT2D eigenvalue weighted by Gasteiger charge is -2.33. The Hall–Kier alpha value is -3.39. The first kappa shape index (κ1) is 21.8. The second-order valence-electron chi connectivity index (χ2n) is 7.78. The molecule has 166 valence electrons. The molecule has 4 rings (SSSR count). The molecule has 0 aliphatic carbocycles. The van der Waals surface area contributed by atoms with Crippen LogP contribution in [-0.4, -0.2) is 47.8 Å². The van der Waals surface area contributed by atoms with Crippen LogP contribution in [0.15, 0.2) is 70.9 Å². The van der Waals surface area contributed by atoms with Crippen LogP contribution < -0.4 is 10.6 Å². The Kier molecular flexibility index (Phi) is 7.01.